The lowest BCUT2D eigenvalue weighted by Crippen LogP contribution is -2.32. The van der Waals surface area contributed by atoms with Gasteiger partial charge in [-0.15, -0.1) is 6.58 Å². The molecule has 2 heteroatoms. The average molecular weight is 243 g/mol. The maximum atomic E-state index is 5.33. The molecule has 2 nitrogen and oxygen atoms in total. The molecule has 18 heavy (non-hydrogen) atoms. The van der Waals surface area contributed by atoms with Gasteiger partial charge < -0.3 is 9.64 Å². The summed E-state index contributed by atoms with van der Waals surface area (Å²) in [5, 5.41) is 0. The van der Waals surface area contributed by atoms with Crippen LogP contribution in [0.15, 0.2) is 49.2 Å². The number of benzene rings is 1. The van der Waals surface area contributed by atoms with Crippen molar-refractivity contribution in [2.45, 2.75) is 18.3 Å². The fourth-order valence-electron chi connectivity index (χ4n) is 2.52. The van der Waals surface area contributed by atoms with Gasteiger partial charge in [-0.05, 0) is 36.7 Å². The highest BCUT2D eigenvalue weighted by molar-refractivity contribution is 5.38. The van der Waals surface area contributed by atoms with Crippen molar-refractivity contribution in [3.8, 4) is 5.75 Å². The van der Waals surface area contributed by atoms with E-state index in [9.17, 15) is 0 Å². The molecule has 0 spiro atoms. The van der Waals surface area contributed by atoms with Crippen molar-refractivity contribution in [3.63, 3.8) is 0 Å². The molecule has 96 valence electrons. The Hall–Kier alpha value is -1.70. The number of nitrogens with zero attached hydrogens (tertiary/aromatic N) is 1. The Kier molecular flexibility index (Phi) is 3.75. The second kappa shape index (κ2) is 5.30. The van der Waals surface area contributed by atoms with Crippen molar-refractivity contribution in [1.82, 2.24) is 4.90 Å². The minimum Gasteiger partial charge on any atom is -0.497 e. The number of methoxy groups -OCH3 is 1. The minimum atomic E-state index is 0.0722. The molecule has 1 heterocycles. The van der Waals surface area contributed by atoms with Gasteiger partial charge in [-0.25, -0.2) is 0 Å². The molecular weight excluding hydrogens is 222 g/mol. The molecule has 0 amide bonds. The van der Waals surface area contributed by atoms with Crippen LogP contribution in [0.1, 0.15) is 18.4 Å². The summed E-state index contributed by atoms with van der Waals surface area (Å²) in [5.74, 6) is 0.920. The Morgan fingerprint density at radius 2 is 2.33 bits per heavy atom. The van der Waals surface area contributed by atoms with Crippen LogP contribution in [0.4, 0.5) is 0 Å². The van der Waals surface area contributed by atoms with Gasteiger partial charge in [-0.3, -0.25) is 0 Å². The molecule has 1 aliphatic heterocycles. The molecule has 0 fully saturated rings. The van der Waals surface area contributed by atoms with E-state index in [-0.39, 0.29) is 5.41 Å². The van der Waals surface area contributed by atoms with Crippen LogP contribution in [0.3, 0.4) is 0 Å². The topological polar surface area (TPSA) is 12.5 Å². The molecule has 1 unspecified atom stereocenters. The van der Waals surface area contributed by atoms with Crippen molar-refractivity contribution in [1.29, 1.82) is 0 Å². The van der Waals surface area contributed by atoms with Crippen LogP contribution in [-0.2, 0) is 5.41 Å². The van der Waals surface area contributed by atoms with Crippen molar-refractivity contribution in [2.24, 2.45) is 0 Å². The van der Waals surface area contributed by atoms with Gasteiger partial charge in [0.25, 0.3) is 0 Å². The standard InChI is InChI=1S/C16H21NO/c1-4-8-16(9-11-17(2)12-10-16)14-6-5-7-15(13-14)18-3/h4-7,9,11,13H,1,8,10,12H2,2-3H3. The van der Waals surface area contributed by atoms with E-state index in [0.29, 0.717) is 0 Å². The summed E-state index contributed by atoms with van der Waals surface area (Å²) >= 11 is 0. The fraction of sp³-hybridized carbons (Fsp3) is 0.375. The third-order valence-corrected chi connectivity index (χ3v) is 3.71. The highest BCUT2D eigenvalue weighted by Gasteiger charge is 2.30. The normalized spacial score (nSPS) is 22.9. The lowest BCUT2D eigenvalue weighted by atomic mass is 9.73. The van der Waals surface area contributed by atoms with Crippen LogP contribution in [0.5, 0.6) is 5.75 Å². The monoisotopic (exact) mass is 243 g/mol. The van der Waals surface area contributed by atoms with Gasteiger partial charge in [0.15, 0.2) is 0 Å². The van der Waals surface area contributed by atoms with Crippen LogP contribution in [0.25, 0.3) is 0 Å². The van der Waals surface area contributed by atoms with E-state index in [1.54, 1.807) is 7.11 Å². The molecule has 1 aromatic rings. The van der Waals surface area contributed by atoms with Gasteiger partial charge in [0.1, 0.15) is 5.75 Å². The molecular formula is C16H21NO. The van der Waals surface area contributed by atoms with Crippen molar-refractivity contribution < 1.29 is 4.74 Å². The number of rotatable bonds is 4. The smallest absolute Gasteiger partial charge is 0.119 e. The highest BCUT2D eigenvalue weighted by Crippen LogP contribution is 2.37. The summed E-state index contributed by atoms with van der Waals surface area (Å²) in [5.41, 5.74) is 1.38. The second-order valence-corrected chi connectivity index (χ2v) is 4.93. The first-order valence-electron chi connectivity index (χ1n) is 6.35. The van der Waals surface area contributed by atoms with E-state index in [1.807, 2.05) is 12.1 Å². The first-order valence-corrected chi connectivity index (χ1v) is 6.35. The van der Waals surface area contributed by atoms with Crippen LogP contribution in [0.2, 0.25) is 0 Å². The zero-order chi connectivity index (χ0) is 13.0. The Morgan fingerprint density at radius 1 is 1.50 bits per heavy atom. The average Bonchev–Trinajstić information content (AvgIpc) is 2.42. The van der Waals surface area contributed by atoms with Crippen LogP contribution >= 0.6 is 0 Å². The molecule has 0 aromatic heterocycles. The van der Waals surface area contributed by atoms with Gasteiger partial charge >= 0.3 is 0 Å². The fourth-order valence-corrected chi connectivity index (χ4v) is 2.52. The quantitative estimate of drug-likeness (QED) is 0.752. The Morgan fingerprint density at radius 3 is 2.94 bits per heavy atom. The number of hydrogen-bond acceptors (Lipinski definition) is 2. The molecule has 0 N–H and O–H groups in total. The predicted octanol–water partition coefficient (Wildman–Crippen LogP) is 3.36. The predicted molar refractivity (Wildman–Crippen MR) is 75.9 cm³/mol. The number of allylic oxidation sites excluding steroid dienone is 2. The molecule has 1 aliphatic rings. The minimum absolute atomic E-state index is 0.0722. The Balaban J connectivity index is 2.40. The third kappa shape index (κ3) is 2.42. The van der Waals surface area contributed by atoms with E-state index in [2.05, 4.69) is 49.0 Å². The lowest BCUT2D eigenvalue weighted by Gasteiger charge is -2.36. The summed E-state index contributed by atoms with van der Waals surface area (Å²) < 4.78 is 5.33. The van der Waals surface area contributed by atoms with Gasteiger partial charge in [-0.1, -0.05) is 24.3 Å². The van der Waals surface area contributed by atoms with Crippen molar-refractivity contribution in [3.05, 3.63) is 54.8 Å². The summed E-state index contributed by atoms with van der Waals surface area (Å²) in [6.45, 7) is 4.98. The summed E-state index contributed by atoms with van der Waals surface area (Å²) in [6.07, 6.45) is 8.55. The molecule has 0 saturated heterocycles. The summed E-state index contributed by atoms with van der Waals surface area (Å²) in [7, 11) is 3.82. The van der Waals surface area contributed by atoms with Crippen molar-refractivity contribution in [2.75, 3.05) is 20.7 Å². The van der Waals surface area contributed by atoms with E-state index in [4.69, 9.17) is 4.74 Å². The Bertz CT molecular complexity index is 452. The van der Waals surface area contributed by atoms with E-state index in [0.717, 1.165) is 25.1 Å². The van der Waals surface area contributed by atoms with Crippen LogP contribution < -0.4 is 4.74 Å². The maximum absolute atomic E-state index is 5.33. The van der Waals surface area contributed by atoms with Crippen molar-refractivity contribution >= 4 is 0 Å². The second-order valence-electron chi connectivity index (χ2n) is 4.93. The van der Waals surface area contributed by atoms with Gasteiger partial charge in [0.2, 0.25) is 0 Å². The highest BCUT2D eigenvalue weighted by atomic mass is 16.5. The van der Waals surface area contributed by atoms with E-state index in [1.165, 1.54) is 5.56 Å². The first-order chi connectivity index (χ1) is 8.70. The lowest BCUT2D eigenvalue weighted by molar-refractivity contribution is 0.342. The largest absolute Gasteiger partial charge is 0.497 e. The van der Waals surface area contributed by atoms with Gasteiger partial charge in [-0.2, -0.15) is 0 Å². The van der Waals surface area contributed by atoms with E-state index < -0.39 is 0 Å². The summed E-state index contributed by atoms with van der Waals surface area (Å²) in [6, 6.07) is 8.37. The Labute approximate surface area is 110 Å². The SMILES string of the molecule is C=CCC1(c2cccc(OC)c2)C=CN(C)CC1. The van der Waals surface area contributed by atoms with Gasteiger partial charge in [0.05, 0.1) is 7.11 Å². The molecule has 1 atom stereocenters. The molecule has 0 radical (unpaired) electrons. The number of hydrogen-bond donors (Lipinski definition) is 0. The molecule has 0 bridgehead atoms. The number of ether oxygens (including phenoxy) is 1. The summed E-state index contributed by atoms with van der Waals surface area (Å²) in [4.78, 5) is 2.22. The zero-order valence-electron chi connectivity index (χ0n) is 11.2. The maximum Gasteiger partial charge on any atom is 0.119 e. The van der Waals surface area contributed by atoms with E-state index >= 15 is 0 Å². The van der Waals surface area contributed by atoms with Crippen LogP contribution in [0, 0.1) is 0 Å². The molecule has 1 aromatic carbocycles. The zero-order valence-corrected chi connectivity index (χ0v) is 11.2. The molecule has 0 saturated carbocycles. The molecule has 2 rings (SSSR count). The van der Waals surface area contributed by atoms with Crippen LogP contribution in [-0.4, -0.2) is 25.6 Å². The van der Waals surface area contributed by atoms with Gasteiger partial charge in [0, 0.05) is 19.0 Å². The first kappa shape index (κ1) is 12.7. The molecule has 0 aliphatic carbocycles. The third-order valence-electron chi connectivity index (χ3n) is 3.71.